The van der Waals surface area contributed by atoms with Crippen LogP contribution in [-0.4, -0.2) is 15.8 Å². The molecule has 1 fully saturated rings. The van der Waals surface area contributed by atoms with Crippen LogP contribution in [0.2, 0.25) is 0 Å². The third kappa shape index (κ3) is 1.04. The highest BCUT2D eigenvalue weighted by Gasteiger charge is 2.53. The minimum atomic E-state index is -0.191. The van der Waals surface area contributed by atoms with Crippen molar-refractivity contribution in [3.8, 4) is 5.75 Å². The smallest absolute Gasteiger partial charge is 0.241 e. The van der Waals surface area contributed by atoms with E-state index in [-0.39, 0.29) is 16.4 Å². The van der Waals surface area contributed by atoms with Crippen LogP contribution in [0.1, 0.15) is 12.8 Å². The lowest BCUT2D eigenvalue weighted by atomic mass is 10.2. The van der Waals surface area contributed by atoms with Crippen molar-refractivity contribution in [2.45, 2.75) is 22.5 Å². The Morgan fingerprint density at radius 1 is 1.43 bits per heavy atom. The number of benzene rings is 1. The van der Waals surface area contributed by atoms with Crippen molar-refractivity contribution in [1.29, 1.82) is 0 Å². The zero-order chi connectivity index (χ0) is 9.76. The van der Waals surface area contributed by atoms with Gasteiger partial charge in [0, 0.05) is 11.0 Å². The Bertz CT molecular complexity index is 426. The van der Waals surface area contributed by atoms with Gasteiger partial charge in [-0.25, -0.2) is 0 Å². The number of thioether (sulfide) groups is 1. The fraction of sp³-hybridized carbons (Fsp3) is 0.300. The van der Waals surface area contributed by atoms with E-state index in [4.69, 9.17) is 0 Å². The maximum atomic E-state index is 11.6. The van der Waals surface area contributed by atoms with E-state index < -0.39 is 0 Å². The van der Waals surface area contributed by atoms with Crippen LogP contribution in [-0.2, 0) is 4.79 Å². The second-order valence-corrected chi connectivity index (χ2v) is 5.16. The van der Waals surface area contributed by atoms with Gasteiger partial charge in [0.25, 0.3) is 0 Å². The number of anilines is 1. The molecule has 0 radical (unpaired) electrons. The van der Waals surface area contributed by atoms with Crippen LogP contribution in [0.5, 0.6) is 5.75 Å². The Morgan fingerprint density at radius 3 is 2.93 bits per heavy atom. The van der Waals surface area contributed by atoms with Crippen LogP contribution in [0.4, 0.5) is 5.69 Å². The maximum Gasteiger partial charge on any atom is 0.241 e. The second-order valence-electron chi connectivity index (χ2n) is 3.73. The predicted octanol–water partition coefficient (Wildman–Crippen LogP) is 1.97. The minimum Gasteiger partial charge on any atom is -0.508 e. The number of carbonyl (C=O) groups excluding carboxylic acids is 1. The summed E-state index contributed by atoms with van der Waals surface area (Å²) in [6.45, 7) is 0. The molecule has 3 nitrogen and oxygen atoms in total. The highest BCUT2D eigenvalue weighted by molar-refractivity contribution is 8.02. The average Bonchev–Trinajstić information content (AvgIpc) is 2.89. The van der Waals surface area contributed by atoms with Crippen molar-refractivity contribution in [2.75, 3.05) is 5.32 Å². The van der Waals surface area contributed by atoms with Crippen molar-refractivity contribution < 1.29 is 9.90 Å². The van der Waals surface area contributed by atoms with Crippen molar-refractivity contribution >= 4 is 23.4 Å². The highest BCUT2D eigenvalue weighted by atomic mass is 32.2. The molecule has 1 heterocycles. The zero-order valence-electron chi connectivity index (χ0n) is 7.41. The first-order valence-corrected chi connectivity index (χ1v) is 5.35. The van der Waals surface area contributed by atoms with Crippen LogP contribution in [0.15, 0.2) is 23.1 Å². The Hall–Kier alpha value is -1.16. The van der Waals surface area contributed by atoms with Gasteiger partial charge in [-0.05, 0) is 25.0 Å². The molecule has 14 heavy (non-hydrogen) atoms. The lowest BCUT2D eigenvalue weighted by Gasteiger charge is -2.23. The molecule has 2 N–H and O–H groups in total. The second kappa shape index (κ2) is 2.45. The Labute approximate surface area is 85.5 Å². The molecule has 1 amide bonds. The molecule has 0 atom stereocenters. The first-order valence-electron chi connectivity index (χ1n) is 4.53. The molecule has 0 aromatic heterocycles. The van der Waals surface area contributed by atoms with Gasteiger partial charge in [-0.2, -0.15) is 0 Å². The molecule has 3 rings (SSSR count). The van der Waals surface area contributed by atoms with Crippen LogP contribution in [0.25, 0.3) is 0 Å². The van der Waals surface area contributed by atoms with Gasteiger partial charge < -0.3 is 10.4 Å². The molecular formula is C10H9NO2S. The van der Waals surface area contributed by atoms with Crippen LogP contribution in [0.3, 0.4) is 0 Å². The third-order valence-electron chi connectivity index (χ3n) is 2.63. The van der Waals surface area contributed by atoms with Gasteiger partial charge in [0.05, 0.1) is 10.4 Å². The number of fused-ring (bicyclic) bond motifs is 1. The fourth-order valence-corrected chi connectivity index (χ4v) is 2.87. The number of rotatable bonds is 0. The lowest BCUT2D eigenvalue weighted by Crippen LogP contribution is -2.30. The molecule has 72 valence electrons. The monoisotopic (exact) mass is 207 g/mol. The summed E-state index contributed by atoms with van der Waals surface area (Å²) in [6, 6.07) is 5.10. The molecular weight excluding hydrogens is 198 g/mol. The summed E-state index contributed by atoms with van der Waals surface area (Å²) in [4.78, 5) is 12.7. The molecule has 1 aliphatic carbocycles. The van der Waals surface area contributed by atoms with Crippen molar-refractivity contribution in [3.05, 3.63) is 18.2 Å². The molecule has 4 heteroatoms. The minimum absolute atomic E-state index is 0.0839. The summed E-state index contributed by atoms with van der Waals surface area (Å²) in [7, 11) is 0. The summed E-state index contributed by atoms with van der Waals surface area (Å²) in [5.74, 6) is 0.275. The van der Waals surface area contributed by atoms with Crippen LogP contribution >= 0.6 is 11.8 Å². The van der Waals surface area contributed by atoms with Crippen LogP contribution in [0, 0.1) is 0 Å². The quantitative estimate of drug-likeness (QED) is 0.683. The Morgan fingerprint density at radius 2 is 2.21 bits per heavy atom. The molecule has 1 aliphatic heterocycles. The topological polar surface area (TPSA) is 49.3 Å². The Kier molecular flexibility index (Phi) is 1.43. The number of phenolic OH excluding ortho intramolecular Hbond substituents is 1. The molecule has 0 unspecified atom stereocenters. The first kappa shape index (κ1) is 8.17. The number of aromatic hydroxyl groups is 1. The fourth-order valence-electron chi connectivity index (χ4n) is 1.64. The summed E-state index contributed by atoms with van der Waals surface area (Å²) in [5, 5.41) is 12.1. The number of phenols is 1. The zero-order valence-corrected chi connectivity index (χ0v) is 8.23. The molecule has 1 spiro atoms. The van der Waals surface area contributed by atoms with Crippen molar-refractivity contribution in [3.63, 3.8) is 0 Å². The van der Waals surface area contributed by atoms with E-state index in [2.05, 4.69) is 5.32 Å². The summed E-state index contributed by atoms with van der Waals surface area (Å²) in [5.41, 5.74) is 0.734. The molecule has 0 saturated heterocycles. The number of hydrogen-bond donors (Lipinski definition) is 2. The van der Waals surface area contributed by atoms with Crippen molar-refractivity contribution in [2.24, 2.45) is 0 Å². The van der Waals surface area contributed by atoms with E-state index in [0.29, 0.717) is 0 Å². The highest BCUT2D eigenvalue weighted by Crippen LogP contribution is 2.56. The molecule has 1 saturated carbocycles. The van der Waals surface area contributed by atoms with E-state index in [1.54, 1.807) is 23.9 Å². The van der Waals surface area contributed by atoms with E-state index in [1.165, 1.54) is 0 Å². The summed E-state index contributed by atoms with van der Waals surface area (Å²) >= 11 is 1.62. The van der Waals surface area contributed by atoms with E-state index in [0.717, 1.165) is 23.4 Å². The van der Waals surface area contributed by atoms with Gasteiger partial charge in [-0.3, -0.25) is 4.79 Å². The maximum absolute atomic E-state index is 11.6. The van der Waals surface area contributed by atoms with Crippen molar-refractivity contribution in [1.82, 2.24) is 0 Å². The van der Waals surface area contributed by atoms with E-state index in [9.17, 15) is 9.90 Å². The number of amides is 1. The van der Waals surface area contributed by atoms with Gasteiger partial charge in [0.2, 0.25) is 5.91 Å². The van der Waals surface area contributed by atoms with Gasteiger partial charge in [0.15, 0.2) is 0 Å². The summed E-state index contributed by atoms with van der Waals surface area (Å²) in [6.07, 6.45) is 1.92. The SMILES string of the molecule is O=C1Nc2cc(O)ccc2SC12CC2. The Balaban J connectivity index is 2.06. The molecule has 2 aliphatic rings. The molecule has 1 aromatic carbocycles. The number of carbonyl (C=O) groups is 1. The normalized spacial score (nSPS) is 21.6. The standard InChI is InChI=1S/C10H9NO2S/c12-6-1-2-8-7(5-6)11-9(13)10(14-8)3-4-10/h1-2,5,12H,3-4H2,(H,11,13). The largest absolute Gasteiger partial charge is 0.508 e. The molecule has 1 aromatic rings. The molecule has 0 bridgehead atoms. The van der Waals surface area contributed by atoms with E-state index >= 15 is 0 Å². The average molecular weight is 207 g/mol. The summed E-state index contributed by atoms with van der Waals surface area (Å²) < 4.78 is -0.191. The predicted molar refractivity (Wildman–Crippen MR) is 54.6 cm³/mol. The lowest BCUT2D eigenvalue weighted by molar-refractivity contribution is -0.116. The first-order chi connectivity index (χ1) is 6.70. The third-order valence-corrected chi connectivity index (χ3v) is 4.19. The van der Waals surface area contributed by atoms with Gasteiger partial charge in [0.1, 0.15) is 5.75 Å². The number of nitrogens with one attached hydrogen (secondary N) is 1. The van der Waals surface area contributed by atoms with E-state index in [1.807, 2.05) is 6.07 Å². The number of hydrogen-bond acceptors (Lipinski definition) is 3. The van der Waals surface area contributed by atoms with Gasteiger partial charge in [-0.1, -0.05) is 0 Å². The van der Waals surface area contributed by atoms with Gasteiger partial charge in [-0.15, -0.1) is 11.8 Å². The van der Waals surface area contributed by atoms with Gasteiger partial charge >= 0.3 is 0 Å². The van der Waals surface area contributed by atoms with Crippen LogP contribution < -0.4 is 5.32 Å².